The average molecular weight is 259 g/mol. The molecule has 0 radical (unpaired) electrons. The van der Waals surface area contributed by atoms with Crippen molar-refractivity contribution in [2.24, 2.45) is 0 Å². The SMILES string of the molecule is CC(O)CN1C(=O)c2ccc(N(C)C)cc2C1C#N. The van der Waals surface area contributed by atoms with Crippen molar-refractivity contribution in [2.75, 3.05) is 25.5 Å². The van der Waals surface area contributed by atoms with E-state index in [1.54, 1.807) is 13.0 Å². The highest BCUT2D eigenvalue weighted by Gasteiger charge is 2.37. The van der Waals surface area contributed by atoms with Crippen LogP contribution in [0.5, 0.6) is 0 Å². The Hall–Kier alpha value is -2.06. The van der Waals surface area contributed by atoms with E-state index in [9.17, 15) is 15.2 Å². The lowest BCUT2D eigenvalue weighted by molar-refractivity contribution is 0.0641. The van der Waals surface area contributed by atoms with E-state index >= 15 is 0 Å². The molecule has 1 heterocycles. The molecular formula is C14H17N3O2. The fourth-order valence-corrected chi connectivity index (χ4v) is 2.30. The molecule has 1 aromatic rings. The number of aliphatic hydroxyl groups is 1. The first-order valence-corrected chi connectivity index (χ1v) is 6.15. The molecule has 1 amide bonds. The molecule has 1 aromatic carbocycles. The van der Waals surface area contributed by atoms with E-state index in [2.05, 4.69) is 6.07 Å². The van der Waals surface area contributed by atoms with Crippen molar-refractivity contribution >= 4 is 11.6 Å². The molecule has 1 aliphatic heterocycles. The summed E-state index contributed by atoms with van der Waals surface area (Å²) in [4.78, 5) is 15.6. The molecule has 5 nitrogen and oxygen atoms in total. The van der Waals surface area contributed by atoms with Gasteiger partial charge in [0.15, 0.2) is 0 Å². The molecule has 2 rings (SSSR count). The van der Waals surface area contributed by atoms with Crippen molar-refractivity contribution in [3.05, 3.63) is 29.3 Å². The van der Waals surface area contributed by atoms with Gasteiger partial charge in [-0.05, 0) is 25.1 Å². The summed E-state index contributed by atoms with van der Waals surface area (Å²) in [5, 5.41) is 18.8. The number of hydrogen-bond donors (Lipinski definition) is 1. The van der Waals surface area contributed by atoms with Crippen LogP contribution in [0.4, 0.5) is 5.69 Å². The van der Waals surface area contributed by atoms with Crippen molar-refractivity contribution < 1.29 is 9.90 Å². The largest absolute Gasteiger partial charge is 0.392 e. The van der Waals surface area contributed by atoms with Crippen molar-refractivity contribution in [1.29, 1.82) is 5.26 Å². The Labute approximate surface area is 112 Å². The Morgan fingerprint density at radius 3 is 2.74 bits per heavy atom. The topological polar surface area (TPSA) is 67.6 Å². The molecule has 0 aromatic heterocycles. The van der Waals surface area contributed by atoms with Gasteiger partial charge in [-0.1, -0.05) is 0 Å². The van der Waals surface area contributed by atoms with Crippen LogP contribution in [0.3, 0.4) is 0 Å². The van der Waals surface area contributed by atoms with Crippen molar-refractivity contribution in [3.63, 3.8) is 0 Å². The van der Waals surface area contributed by atoms with E-state index < -0.39 is 12.1 Å². The summed E-state index contributed by atoms with van der Waals surface area (Å²) in [6.45, 7) is 1.78. The lowest BCUT2D eigenvalue weighted by atomic mass is 10.0. The Morgan fingerprint density at radius 2 is 2.21 bits per heavy atom. The number of amides is 1. The van der Waals surface area contributed by atoms with Crippen molar-refractivity contribution in [1.82, 2.24) is 4.90 Å². The molecule has 0 aliphatic carbocycles. The Morgan fingerprint density at radius 1 is 1.53 bits per heavy atom. The van der Waals surface area contributed by atoms with Crippen LogP contribution in [0.15, 0.2) is 18.2 Å². The second-order valence-electron chi connectivity index (χ2n) is 5.00. The van der Waals surface area contributed by atoms with E-state index in [-0.39, 0.29) is 12.5 Å². The average Bonchev–Trinajstić information content (AvgIpc) is 2.61. The van der Waals surface area contributed by atoms with Gasteiger partial charge in [-0.15, -0.1) is 0 Å². The predicted octanol–water partition coefficient (Wildman–Crippen LogP) is 1.15. The fraction of sp³-hybridized carbons (Fsp3) is 0.429. The molecule has 19 heavy (non-hydrogen) atoms. The minimum absolute atomic E-state index is 0.170. The van der Waals surface area contributed by atoms with Crippen LogP contribution in [0.1, 0.15) is 28.9 Å². The normalized spacial score (nSPS) is 19.0. The highest BCUT2D eigenvalue weighted by Crippen LogP contribution is 2.35. The minimum Gasteiger partial charge on any atom is -0.392 e. The number of β-amino-alcohol motifs (C(OH)–C–C–N with tert-alkyl or cyclic N) is 1. The lowest BCUT2D eigenvalue weighted by Crippen LogP contribution is -2.33. The summed E-state index contributed by atoms with van der Waals surface area (Å²) in [5.41, 5.74) is 2.22. The number of fused-ring (bicyclic) bond motifs is 1. The molecular weight excluding hydrogens is 242 g/mol. The number of carbonyl (C=O) groups excluding carboxylic acids is 1. The zero-order valence-electron chi connectivity index (χ0n) is 11.3. The van der Waals surface area contributed by atoms with E-state index in [0.717, 1.165) is 11.3 Å². The summed E-state index contributed by atoms with van der Waals surface area (Å²) in [7, 11) is 3.82. The number of nitrogens with zero attached hydrogens (tertiary/aromatic N) is 3. The first-order chi connectivity index (χ1) is 8.95. The number of hydrogen-bond acceptors (Lipinski definition) is 4. The van der Waals surface area contributed by atoms with Gasteiger partial charge in [0.05, 0.1) is 12.2 Å². The van der Waals surface area contributed by atoms with Gasteiger partial charge in [0.25, 0.3) is 5.91 Å². The maximum Gasteiger partial charge on any atom is 0.255 e. The maximum absolute atomic E-state index is 12.2. The summed E-state index contributed by atoms with van der Waals surface area (Å²) < 4.78 is 0. The molecule has 100 valence electrons. The third kappa shape index (κ3) is 2.27. The van der Waals surface area contributed by atoms with Crippen LogP contribution >= 0.6 is 0 Å². The van der Waals surface area contributed by atoms with Gasteiger partial charge in [0.1, 0.15) is 6.04 Å². The standard InChI is InChI=1S/C14H17N3O2/c1-9(18)8-17-13(7-15)12-6-10(16(2)3)4-5-11(12)14(17)19/h4-6,9,13,18H,8H2,1-3H3. The van der Waals surface area contributed by atoms with Crippen LogP contribution < -0.4 is 4.90 Å². The van der Waals surface area contributed by atoms with Crippen LogP contribution in [-0.4, -0.2) is 42.7 Å². The highest BCUT2D eigenvalue weighted by atomic mass is 16.3. The number of benzene rings is 1. The zero-order valence-corrected chi connectivity index (χ0v) is 11.3. The number of aliphatic hydroxyl groups excluding tert-OH is 1. The second-order valence-corrected chi connectivity index (χ2v) is 5.00. The van der Waals surface area contributed by atoms with E-state index in [4.69, 9.17) is 0 Å². The van der Waals surface area contributed by atoms with Gasteiger partial charge in [-0.25, -0.2) is 0 Å². The van der Waals surface area contributed by atoms with Crippen LogP contribution in [0.25, 0.3) is 0 Å². The van der Waals surface area contributed by atoms with Crippen LogP contribution in [0.2, 0.25) is 0 Å². The number of carbonyl (C=O) groups is 1. The third-order valence-electron chi connectivity index (χ3n) is 3.23. The van der Waals surface area contributed by atoms with Gasteiger partial charge in [-0.2, -0.15) is 5.26 Å². The first kappa shape index (κ1) is 13.4. The van der Waals surface area contributed by atoms with Crippen LogP contribution in [0, 0.1) is 11.3 Å². The fourth-order valence-electron chi connectivity index (χ4n) is 2.30. The van der Waals surface area contributed by atoms with Gasteiger partial charge in [0.2, 0.25) is 0 Å². The number of nitriles is 1. The van der Waals surface area contributed by atoms with Crippen molar-refractivity contribution in [3.8, 4) is 6.07 Å². The third-order valence-corrected chi connectivity index (χ3v) is 3.23. The Bertz CT molecular complexity index is 546. The molecule has 1 N–H and O–H groups in total. The Kier molecular flexibility index (Phi) is 3.45. The molecule has 0 saturated carbocycles. The van der Waals surface area contributed by atoms with Crippen LogP contribution in [-0.2, 0) is 0 Å². The molecule has 5 heteroatoms. The quantitative estimate of drug-likeness (QED) is 0.884. The minimum atomic E-state index is -0.651. The van der Waals surface area contributed by atoms with Crippen molar-refractivity contribution in [2.45, 2.75) is 19.1 Å². The van der Waals surface area contributed by atoms with Gasteiger partial charge < -0.3 is 14.9 Å². The summed E-state index contributed by atoms with van der Waals surface area (Å²) in [6.07, 6.45) is -0.651. The summed E-state index contributed by atoms with van der Waals surface area (Å²) in [6, 6.07) is 7.01. The summed E-state index contributed by atoms with van der Waals surface area (Å²) in [5.74, 6) is -0.187. The zero-order chi connectivity index (χ0) is 14.2. The second kappa shape index (κ2) is 4.90. The Balaban J connectivity index is 2.44. The molecule has 0 saturated heterocycles. The lowest BCUT2D eigenvalue weighted by Gasteiger charge is -2.21. The number of rotatable bonds is 3. The molecule has 0 bridgehead atoms. The molecule has 0 spiro atoms. The highest BCUT2D eigenvalue weighted by molar-refractivity contribution is 6.00. The molecule has 0 fully saturated rings. The van der Waals surface area contributed by atoms with Gasteiger partial charge in [0, 0.05) is 37.5 Å². The van der Waals surface area contributed by atoms with Gasteiger partial charge >= 0.3 is 0 Å². The molecule has 2 unspecified atom stereocenters. The van der Waals surface area contributed by atoms with E-state index in [1.165, 1.54) is 4.90 Å². The monoisotopic (exact) mass is 259 g/mol. The predicted molar refractivity (Wildman–Crippen MR) is 71.8 cm³/mol. The maximum atomic E-state index is 12.2. The molecule has 1 aliphatic rings. The molecule has 2 atom stereocenters. The van der Waals surface area contributed by atoms with Gasteiger partial charge in [-0.3, -0.25) is 4.79 Å². The summed E-state index contributed by atoms with van der Waals surface area (Å²) >= 11 is 0. The smallest absolute Gasteiger partial charge is 0.255 e. The van der Waals surface area contributed by atoms with E-state index in [0.29, 0.717) is 5.56 Å². The first-order valence-electron chi connectivity index (χ1n) is 6.15. The number of anilines is 1. The van der Waals surface area contributed by atoms with E-state index in [1.807, 2.05) is 31.1 Å².